The molecule has 0 radical (unpaired) electrons. The minimum absolute atomic E-state index is 0.0101. The maximum absolute atomic E-state index is 13.9. The van der Waals surface area contributed by atoms with Crippen LogP contribution in [0.2, 0.25) is 0 Å². The molecule has 6 bridgehead atoms. The van der Waals surface area contributed by atoms with Gasteiger partial charge in [0, 0.05) is 59.3 Å². The fourth-order valence-electron chi connectivity index (χ4n) is 8.02. The fourth-order valence-corrected chi connectivity index (χ4v) is 8.02. The Bertz CT molecular complexity index is 2070. The van der Waals surface area contributed by atoms with Gasteiger partial charge in [0.1, 0.15) is 42.8 Å². The second kappa shape index (κ2) is 25.3. The number of hydrogen-bond acceptors (Lipinski definition) is 16. The van der Waals surface area contributed by atoms with Crippen LogP contribution in [0.25, 0.3) is 29.2 Å². The van der Waals surface area contributed by atoms with Crippen molar-refractivity contribution >= 4 is 30.3 Å². The van der Waals surface area contributed by atoms with Crippen LogP contribution in [0, 0.1) is 29.6 Å². The van der Waals surface area contributed by atoms with E-state index in [1.807, 2.05) is 52.8 Å². The maximum Gasteiger partial charge on any atom is 0.404 e. The molecule has 358 valence electrons. The van der Waals surface area contributed by atoms with Crippen molar-refractivity contribution in [1.29, 1.82) is 0 Å². The topological polar surface area (TPSA) is 242 Å². The predicted octanol–water partition coefficient (Wildman–Crippen LogP) is 7.49. The van der Waals surface area contributed by atoms with Gasteiger partial charge in [0.15, 0.2) is 17.2 Å². The van der Waals surface area contributed by atoms with Gasteiger partial charge < -0.3 is 52.7 Å². The molecule has 0 saturated carbocycles. The lowest BCUT2D eigenvalue weighted by Gasteiger charge is -2.34. The number of carbonyl (C=O) groups is 4. The Balaban J connectivity index is 1.61. The van der Waals surface area contributed by atoms with Gasteiger partial charge in [-0.25, -0.2) is 19.7 Å². The van der Waals surface area contributed by atoms with Crippen molar-refractivity contribution in [2.24, 2.45) is 35.3 Å². The molecular formula is C47H67N5O13. The van der Waals surface area contributed by atoms with Crippen molar-refractivity contribution in [3.63, 3.8) is 0 Å². The summed E-state index contributed by atoms with van der Waals surface area (Å²) >= 11 is 0. The highest BCUT2D eigenvalue weighted by atomic mass is 16.6. The molecule has 3 aromatic heterocycles. The minimum atomic E-state index is -1.05. The smallest absolute Gasteiger partial charge is 0.404 e. The zero-order chi connectivity index (χ0) is 47.8. The van der Waals surface area contributed by atoms with E-state index in [2.05, 4.69) is 15.0 Å². The van der Waals surface area contributed by atoms with Gasteiger partial charge in [0.25, 0.3) is 0 Å². The number of aliphatic hydroxyl groups excluding tert-OH is 1. The summed E-state index contributed by atoms with van der Waals surface area (Å²) in [6.07, 6.45) is 10.2. The molecule has 18 heteroatoms. The summed E-state index contributed by atoms with van der Waals surface area (Å²) in [5.41, 5.74) is 7.19. The summed E-state index contributed by atoms with van der Waals surface area (Å²) < 4.78 is 46.6. The van der Waals surface area contributed by atoms with Crippen LogP contribution in [0.4, 0.5) is 4.79 Å². The molecule has 3 aromatic rings. The van der Waals surface area contributed by atoms with E-state index in [0.717, 1.165) is 0 Å². The van der Waals surface area contributed by atoms with Crippen LogP contribution in [0.15, 0.2) is 62.0 Å². The SMILES string of the molecule is COC1c2coc(n2)-c2coc(n2)-c2coc(n2)/C=C/C[C@H](OC)[C@@H](C)[C@H](C[C@H](OC)[C@@H](C)CCC(=O)/C(C)=C/[C@H](C)/C=C/N(C)C=O)OC(=O)C[C@@H](OC(N)=O)C[C@H](C)C[C@H](O)[C@@H]1C. The van der Waals surface area contributed by atoms with E-state index < -0.39 is 60.5 Å². The van der Waals surface area contributed by atoms with Crippen LogP contribution >= 0.6 is 0 Å². The predicted molar refractivity (Wildman–Crippen MR) is 238 cm³/mol. The van der Waals surface area contributed by atoms with E-state index in [0.29, 0.717) is 41.9 Å². The number of ether oxygens (including phenoxy) is 5. The number of ketones is 1. The maximum atomic E-state index is 13.9. The van der Waals surface area contributed by atoms with Crippen molar-refractivity contribution in [1.82, 2.24) is 19.9 Å². The van der Waals surface area contributed by atoms with Gasteiger partial charge in [-0.1, -0.05) is 52.8 Å². The normalized spacial score (nSPS) is 26.0. The molecule has 3 N–H and O–H groups in total. The molecule has 1 aliphatic rings. The van der Waals surface area contributed by atoms with Crippen molar-refractivity contribution in [3.05, 3.63) is 60.4 Å². The molecule has 65 heavy (non-hydrogen) atoms. The van der Waals surface area contributed by atoms with E-state index in [9.17, 15) is 24.3 Å². The van der Waals surface area contributed by atoms with Gasteiger partial charge in [-0.3, -0.25) is 14.4 Å². The van der Waals surface area contributed by atoms with Gasteiger partial charge >= 0.3 is 12.1 Å². The lowest BCUT2D eigenvalue weighted by Crippen LogP contribution is -2.39. The highest BCUT2D eigenvalue weighted by Gasteiger charge is 2.35. The van der Waals surface area contributed by atoms with E-state index in [-0.39, 0.29) is 73.3 Å². The second-order valence-corrected chi connectivity index (χ2v) is 17.2. The molecule has 0 spiro atoms. The van der Waals surface area contributed by atoms with Crippen LogP contribution in [0.1, 0.15) is 104 Å². The number of nitrogens with zero attached hydrogens (tertiary/aromatic N) is 4. The second-order valence-electron chi connectivity index (χ2n) is 17.2. The van der Waals surface area contributed by atoms with E-state index >= 15 is 0 Å². The molecule has 0 fully saturated rings. The molecule has 18 nitrogen and oxygen atoms in total. The number of hydrogen-bond donors (Lipinski definition) is 2. The number of fused-ring (bicyclic) bond motifs is 8. The molecule has 11 atom stereocenters. The van der Waals surface area contributed by atoms with Crippen molar-refractivity contribution in [2.45, 2.75) is 123 Å². The Hall–Kier alpha value is -5.43. The largest absolute Gasteiger partial charge is 0.462 e. The van der Waals surface area contributed by atoms with Gasteiger partial charge in [-0.15, -0.1) is 0 Å². The highest BCUT2D eigenvalue weighted by Crippen LogP contribution is 2.34. The van der Waals surface area contributed by atoms with E-state index in [1.165, 1.54) is 30.8 Å². The van der Waals surface area contributed by atoms with Crippen LogP contribution in [-0.4, -0.2) is 108 Å². The first-order valence-corrected chi connectivity index (χ1v) is 22.0. The molecule has 0 aliphatic carbocycles. The molecule has 1 aliphatic heterocycles. The number of carbonyl (C=O) groups excluding carboxylic acids is 4. The summed E-state index contributed by atoms with van der Waals surface area (Å²) in [5.74, 6) is -1.30. The molecule has 4 rings (SSSR count). The lowest BCUT2D eigenvalue weighted by molar-refractivity contribution is -0.160. The first-order valence-electron chi connectivity index (χ1n) is 22.0. The number of amides is 2. The standard InChI is InChI=1S/C47H67N5O13/c1-27(16-17-52(7)26-53)18-30(4)37(54)15-14-29(3)40(59-9)22-41-32(6)39(58-8)12-11-13-42-49-35(24-61-42)45-51-36(25-63-45)46-50-34(23-62-46)44(60-10)31(5)38(55)20-28(2)19-33(64-47(48)57)21-43(56)65-41/h11,13,16-18,23-29,31-33,38-41,44,55H,12,14-15,19-22H2,1-10H3,(H2,48,57)/b13-11+,17-16+,30-18+/t27-,28+,29+,31+,32-,33+,38+,39+,40+,41+,44?/m1/s1. The Morgan fingerprint density at radius 3 is 2.35 bits per heavy atom. The average molecular weight is 910 g/mol. The van der Waals surface area contributed by atoms with Crippen molar-refractivity contribution in [3.8, 4) is 23.2 Å². The van der Waals surface area contributed by atoms with Gasteiger partial charge in [-0.2, -0.15) is 0 Å². The summed E-state index contributed by atoms with van der Waals surface area (Å²) in [6, 6.07) is 0. The molecule has 4 heterocycles. The third-order valence-electron chi connectivity index (χ3n) is 12.0. The van der Waals surface area contributed by atoms with E-state index in [1.54, 1.807) is 40.5 Å². The lowest BCUT2D eigenvalue weighted by atomic mass is 9.86. The van der Waals surface area contributed by atoms with Crippen LogP contribution in [0.3, 0.4) is 0 Å². The number of methoxy groups -OCH3 is 3. The Morgan fingerprint density at radius 1 is 0.985 bits per heavy atom. The van der Waals surface area contributed by atoms with Crippen molar-refractivity contribution < 1.29 is 61.2 Å². The van der Waals surface area contributed by atoms with Gasteiger partial charge in [0.05, 0.1) is 24.7 Å². The molecule has 2 amide bonds. The number of rotatable bonds is 15. The number of cyclic esters (lactones) is 1. The number of Topliss-reactive ketones (excluding diaryl/α,β-unsaturated/α-hetero) is 1. The van der Waals surface area contributed by atoms with Crippen LogP contribution in [-0.2, 0) is 38.1 Å². The number of primary amides is 1. The number of nitrogens with two attached hydrogens (primary N) is 1. The number of oxazole rings is 3. The van der Waals surface area contributed by atoms with Crippen LogP contribution in [0.5, 0.6) is 0 Å². The number of esters is 1. The third kappa shape index (κ3) is 15.6. The quantitative estimate of drug-likeness (QED) is 0.0852. The molecule has 0 saturated heterocycles. The summed E-state index contributed by atoms with van der Waals surface area (Å²) in [4.78, 5) is 65.2. The van der Waals surface area contributed by atoms with Crippen molar-refractivity contribution in [2.75, 3.05) is 28.4 Å². The Kier molecular flexibility index (Phi) is 20.3. The highest BCUT2D eigenvalue weighted by molar-refractivity contribution is 5.94. The number of aromatic nitrogens is 3. The first kappa shape index (κ1) is 52.2. The van der Waals surface area contributed by atoms with Gasteiger partial charge in [-0.05, 0) is 62.0 Å². The Labute approximate surface area is 380 Å². The molecule has 1 unspecified atom stereocenters. The van der Waals surface area contributed by atoms with Gasteiger partial charge in [0.2, 0.25) is 24.1 Å². The summed E-state index contributed by atoms with van der Waals surface area (Å²) in [6.45, 7) is 11.3. The van der Waals surface area contributed by atoms with Crippen LogP contribution < -0.4 is 5.73 Å². The summed E-state index contributed by atoms with van der Waals surface area (Å²) in [7, 11) is 6.30. The van der Waals surface area contributed by atoms with E-state index in [4.69, 9.17) is 42.7 Å². The Morgan fingerprint density at radius 2 is 1.68 bits per heavy atom. The zero-order valence-corrected chi connectivity index (χ0v) is 39.2. The third-order valence-corrected chi connectivity index (χ3v) is 12.0. The number of aliphatic hydroxyl groups is 1. The zero-order valence-electron chi connectivity index (χ0n) is 39.2. The first-order chi connectivity index (χ1) is 31.0. The fraction of sp³-hybridized carbons (Fsp3) is 0.596. The molecule has 0 aromatic carbocycles. The minimum Gasteiger partial charge on any atom is -0.462 e. The summed E-state index contributed by atoms with van der Waals surface area (Å²) in [5, 5.41) is 11.4. The number of allylic oxidation sites excluding steroid dienone is 3. The molecular weight excluding hydrogens is 843 g/mol. The average Bonchev–Trinajstić information content (AvgIpc) is 4.06. The monoisotopic (exact) mass is 909 g/mol.